The van der Waals surface area contributed by atoms with E-state index >= 15 is 0 Å². The summed E-state index contributed by atoms with van der Waals surface area (Å²) in [5.74, 6) is -2.21. The fraction of sp³-hybridized carbons (Fsp3) is 0.450. The summed E-state index contributed by atoms with van der Waals surface area (Å²) < 4.78 is 73.7. The predicted octanol–water partition coefficient (Wildman–Crippen LogP) is 2.17. The van der Waals surface area contributed by atoms with E-state index < -0.39 is 35.6 Å². The van der Waals surface area contributed by atoms with Crippen molar-refractivity contribution in [3.63, 3.8) is 0 Å². The van der Waals surface area contributed by atoms with Crippen molar-refractivity contribution in [2.24, 2.45) is 13.0 Å². The minimum Gasteiger partial charge on any atom is -0.475 e. The van der Waals surface area contributed by atoms with E-state index in [0.717, 1.165) is 36.9 Å². The monoisotopic (exact) mass is 534 g/mol. The molecule has 0 saturated carbocycles. The second-order valence-electron chi connectivity index (χ2n) is 8.54. The van der Waals surface area contributed by atoms with Gasteiger partial charge in [0.25, 0.3) is 5.91 Å². The number of nitrogens with zero attached hydrogens (tertiary/aromatic N) is 6. The third-order valence-electron chi connectivity index (χ3n) is 5.74. The zero-order valence-corrected chi connectivity index (χ0v) is 19.0. The average molecular weight is 534 g/mol. The fourth-order valence-corrected chi connectivity index (χ4v) is 4.19. The third-order valence-corrected chi connectivity index (χ3v) is 5.74. The number of hydrogen-bond acceptors (Lipinski definition) is 7. The van der Waals surface area contributed by atoms with Gasteiger partial charge in [0.05, 0.1) is 11.9 Å². The molecule has 2 aliphatic rings. The highest BCUT2D eigenvalue weighted by molar-refractivity contribution is 6.08. The Balaban J connectivity index is 0.000000405. The number of carboxylic acid groups (broad SMARTS) is 1. The lowest BCUT2D eigenvalue weighted by atomic mass is 10.0. The van der Waals surface area contributed by atoms with Crippen LogP contribution < -0.4 is 15.5 Å². The van der Waals surface area contributed by atoms with Crippen molar-refractivity contribution in [1.29, 1.82) is 0 Å². The Morgan fingerprint density at radius 1 is 1.19 bits per heavy atom. The molecular weight excluding hydrogens is 514 g/mol. The van der Waals surface area contributed by atoms with Crippen LogP contribution in [-0.2, 0) is 18.0 Å². The maximum atomic E-state index is 13.2. The van der Waals surface area contributed by atoms with E-state index in [9.17, 15) is 31.1 Å². The normalized spacial score (nSPS) is 19.5. The Morgan fingerprint density at radius 2 is 1.89 bits per heavy atom. The van der Waals surface area contributed by atoms with Gasteiger partial charge in [0.15, 0.2) is 11.3 Å². The molecule has 2 saturated heterocycles. The van der Waals surface area contributed by atoms with Crippen LogP contribution in [-0.4, -0.2) is 73.2 Å². The first-order valence-corrected chi connectivity index (χ1v) is 10.8. The van der Waals surface area contributed by atoms with Crippen molar-refractivity contribution in [2.75, 3.05) is 29.9 Å². The Kier molecular flexibility index (Phi) is 6.74. The molecule has 37 heavy (non-hydrogen) atoms. The highest BCUT2D eigenvalue weighted by Gasteiger charge is 2.39. The Bertz CT molecular complexity index is 1310. The summed E-state index contributed by atoms with van der Waals surface area (Å²) >= 11 is 0. The fourth-order valence-electron chi connectivity index (χ4n) is 4.19. The molecule has 2 unspecified atom stereocenters. The molecule has 2 fully saturated rings. The molecule has 11 nitrogen and oxygen atoms in total. The van der Waals surface area contributed by atoms with E-state index in [2.05, 4.69) is 30.7 Å². The first-order chi connectivity index (χ1) is 17.2. The molecular formula is C20H20F6N8O3. The summed E-state index contributed by atoms with van der Waals surface area (Å²) in [6.07, 6.45) is -4.51. The zero-order chi connectivity index (χ0) is 27.1. The molecule has 5 heterocycles. The summed E-state index contributed by atoms with van der Waals surface area (Å²) in [6.45, 7) is 2.67. The number of aryl methyl sites for hydroxylation is 1. The molecule has 17 heteroatoms. The van der Waals surface area contributed by atoms with Gasteiger partial charge in [-0.3, -0.25) is 9.48 Å². The molecule has 2 bridgehead atoms. The minimum atomic E-state index is -5.08. The van der Waals surface area contributed by atoms with Gasteiger partial charge in [0.1, 0.15) is 11.4 Å². The van der Waals surface area contributed by atoms with Crippen molar-refractivity contribution < 1.29 is 41.0 Å². The van der Waals surface area contributed by atoms with Crippen molar-refractivity contribution in [3.8, 4) is 0 Å². The number of carboxylic acids is 1. The van der Waals surface area contributed by atoms with E-state index in [0.29, 0.717) is 17.8 Å². The first-order valence-electron chi connectivity index (χ1n) is 10.8. The summed E-state index contributed by atoms with van der Waals surface area (Å²) in [7, 11) is 1.36. The molecule has 0 spiro atoms. The van der Waals surface area contributed by atoms with Gasteiger partial charge in [0.2, 0.25) is 0 Å². The van der Waals surface area contributed by atoms with Gasteiger partial charge < -0.3 is 20.6 Å². The molecule has 1 amide bonds. The summed E-state index contributed by atoms with van der Waals surface area (Å²) in [5.41, 5.74) is -1.19. The maximum Gasteiger partial charge on any atom is 0.490 e. The second kappa shape index (κ2) is 9.53. The Hall–Kier alpha value is -3.89. The number of hydrogen-bond donors (Lipinski definition) is 3. The number of fused-ring (bicyclic) bond motifs is 3. The lowest BCUT2D eigenvalue weighted by Gasteiger charge is -2.32. The van der Waals surface area contributed by atoms with Gasteiger partial charge >= 0.3 is 18.3 Å². The predicted molar refractivity (Wildman–Crippen MR) is 115 cm³/mol. The number of amides is 1. The topological polar surface area (TPSA) is 130 Å². The molecule has 200 valence electrons. The highest BCUT2D eigenvalue weighted by atomic mass is 19.4. The van der Waals surface area contributed by atoms with Gasteiger partial charge in [-0.15, -0.1) is 0 Å². The number of carbonyl (C=O) groups is 2. The van der Waals surface area contributed by atoms with Gasteiger partial charge in [-0.1, -0.05) is 0 Å². The van der Waals surface area contributed by atoms with Crippen molar-refractivity contribution >= 4 is 29.0 Å². The molecule has 0 aliphatic carbocycles. The molecule has 2 aliphatic heterocycles. The highest BCUT2D eigenvalue weighted by Crippen LogP contribution is 2.34. The van der Waals surface area contributed by atoms with Crippen LogP contribution in [0.15, 0.2) is 24.7 Å². The first kappa shape index (κ1) is 26.2. The largest absolute Gasteiger partial charge is 0.490 e. The number of carbonyl (C=O) groups excluding carboxylic acids is 1. The summed E-state index contributed by atoms with van der Waals surface area (Å²) in [6, 6.07) is 2.25. The average Bonchev–Trinajstić information content (AvgIpc) is 3.49. The van der Waals surface area contributed by atoms with Crippen LogP contribution >= 0.6 is 0 Å². The van der Waals surface area contributed by atoms with Crippen LogP contribution in [0.1, 0.15) is 22.5 Å². The lowest BCUT2D eigenvalue weighted by molar-refractivity contribution is -0.192. The number of aromatic nitrogens is 5. The molecule has 0 radical (unpaired) electrons. The SMILES string of the molecule is Cn1cc(NC(=O)c2cnn3ccc(N4CC5CNC(C5)C4)nc23)c(C(F)(F)F)n1.O=C(O)C(F)(F)F. The van der Waals surface area contributed by atoms with Crippen LogP contribution in [0.3, 0.4) is 0 Å². The number of piperidine rings is 1. The molecule has 3 N–H and O–H groups in total. The van der Waals surface area contributed by atoms with E-state index in [1.165, 1.54) is 17.8 Å². The van der Waals surface area contributed by atoms with Gasteiger partial charge in [-0.05, 0) is 18.4 Å². The van der Waals surface area contributed by atoms with Crippen molar-refractivity contribution in [2.45, 2.75) is 24.8 Å². The Morgan fingerprint density at radius 3 is 2.51 bits per heavy atom. The van der Waals surface area contributed by atoms with Crippen LogP contribution in [0.5, 0.6) is 0 Å². The van der Waals surface area contributed by atoms with Gasteiger partial charge in [-0.2, -0.15) is 36.5 Å². The number of rotatable bonds is 3. The van der Waals surface area contributed by atoms with Crippen LogP contribution in [0, 0.1) is 5.92 Å². The number of halogens is 6. The summed E-state index contributed by atoms with van der Waals surface area (Å²) in [5, 5.41) is 20.4. The summed E-state index contributed by atoms with van der Waals surface area (Å²) in [4.78, 5) is 28.4. The molecule has 2 atom stereocenters. The lowest BCUT2D eigenvalue weighted by Crippen LogP contribution is -2.41. The van der Waals surface area contributed by atoms with Gasteiger partial charge in [0, 0.05) is 45.1 Å². The number of alkyl halides is 6. The number of anilines is 2. The van der Waals surface area contributed by atoms with Crippen LogP contribution in [0.4, 0.5) is 37.8 Å². The zero-order valence-electron chi connectivity index (χ0n) is 19.0. The molecule has 3 aromatic rings. The van der Waals surface area contributed by atoms with E-state index in [1.54, 1.807) is 6.20 Å². The van der Waals surface area contributed by atoms with Crippen LogP contribution in [0.2, 0.25) is 0 Å². The number of aliphatic carboxylic acids is 1. The van der Waals surface area contributed by atoms with E-state index in [-0.39, 0.29) is 11.2 Å². The van der Waals surface area contributed by atoms with E-state index in [4.69, 9.17) is 9.90 Å². The molecule has 3 aromatic heterocycles. The second-order valence-corrected chi connectivity index (χ2v) is 8.54. The minimum absolute atomic E-state index is 0.0898. The number of nitrogens with one attached hydrogen (secondary N) is 2. The van der Waals surface area contributed by atoms with E-state index in [1.807, 2.05) is 6.07 Å². The smallest absolute Gasteiger partial charge is 0.475 e. The standard InChI is InChI=1S/C18H19F3N8O.C2HF3O2/c1-27-9-13(15(26-27)18(19,20)21)24-17(30)12-6-23-29-3-2-14(25-16(12)29)28-7-10-4-11(8-28)22-5-10;3-2(4,5)1(6)7/h2-3,6,9-11,22H,4-5,7-8H2,1H3,(H,24,30);(H,6,7). The van der Waals surface area contributed by atoms with Crippen LogP contribution in [0.25, 0.3) is 5.65 Å². The van der Waals surface area contributed by atoms with Gasteiger partial charge in [-0.25, -0.2) is 14.3 Å². The quantitative estimate of drug-likeness (QED) is 0.436. The third kappa shape index (κ3) is 5.76. The molecule has 5 rings (SSSR count). The molecule has 0 aromatic carbocycles. The van der Waals surface area contributed by atoms with Crippen molar-refractivity contribution in [1.82, 2.24) is 29.7 Å². The van der Waals surface area contributed by atoms with Crippen molar-refractivity contribution in [3.05, 3.63) is 35.9 Å². The Labute approximate surface area is 204 Å². The maximum absolute atomic E-state index is 13.2.